The Balaban J connectivity index is 1.43. The fraction of sp³-hybridized carbons (Fsp3) is 0.941. The maximum Gasteiger partial charge on any atom is 0.315 e. The number of hydrogen-bond donors (Lipinski definition) is 3. The number of hydrogen-bond acceptors (Lipinski definition) is 2. The van der Waals surface area contributed by atoms with Gasteiger partial charge in [0, 0.05) is 18.7 Å². The predicted octanol–water partition coefficient (Wildman–Crippen LogP) is 2.66. The molecule has 0 radical (unpaired) electrons. The van der Waals surface area contributed by atoms with Gasteiger partial charge in [-0.3, -0.25) is 0 Å². The first-order valence-corrected chi connectivity index (χ1v) is 8.75. The van der Waals surface area contributed by atoms with E-state index in [-0.39, 0.29) is 18.2 Å². The molecule has 1 atom stereocenters. The van der Waals surface area contributed by atoms with Crippen molar-refractivity contribution in [3.8, 4) is 0 Å². The third-order valence-corrected chi connectivity index (χ3v) is 5.89. The average Bonchev–Trinajstić information content (AvgIpc) is 2.41. The van der Waals surface area contributed by atoms with Gasteiger partial charge in [-0.25, -0.2) is 4.79 Å². The molecule has 3 N–H and O–H groups in total. The van der Waals surface area contributed by atoms with E-state index in [1.165, 1.54) is 38.5 Å². The first kappa shape index (κ1) is 15.1. The molecule has 0 aromatic rings. The summed E-state index contributed by atoms with van der Waals surface area (Å²) in [5, 5.41) is 15.3. The Morgan fingerprint density at radius 2 is 1.76 bits per heavy atom. The van der Waals surface area contributed by atoms with Crippen LogP contribution in [-0.2, 0) is 0 Å². The Bertz CT molecular complexity index is 348. The highest BCUT2D eigenvalue weighted by molar-refractivity contribution is 5.74. The van der Waals surface area contributed by atoms with Gasteiger partial charge in [-0.2, -0.15) is 0 Å². The van der Waals surface area contributed by atoms with Crippen molar-refractivity contribution in [2.75, 3.05) is 13.2 Å². The summed E-state index contributed by atoms with van der Waals surface area (Å²) < 4.78 is 0. The minimum absolute atomic E-state index is 0.0219. The van der Waals surface area contributed by atoms with Crippen molar-refractivity contribution in [1.29, 1.82) is 0 Å². The van der Waals surface area contributed by atoms with E-state index in [0.29, 0.717) is 12.5 Å². The molecule has 1 unspecified atom stereocenters. The Morgan fingerprint density at radius 3 is 2.29 bits per heavy atom. The van der Waals surface area contributed by atoms with Crippen molar-refractivity contribution in [2.45, 2.75) is 63.8 Å². The normalized spacial score (nSPS) is 38.3. The number of aliphatic hydroxyl groups excluding tert-OH is 1. The zero-order valence-corrected chi connectivity index (χ0v) is 13.2. The average molecular weight is 294 g/mol. The van der Waals surface area contributed by atoms with Crippen LogP contribution < -0.4 is 10.6 Å². The largest absolute Gasteiger partial charge is 0.396 e. The molecule has 0 aromatic heterocycles. The van der Waals surface area contributed by atoms with Crippen LogP contribution in [-0.4, -0.2) is 29.8 Å². The lowest BCUT2D eigenvalue weighted by Crippen LogP contribution is -2.61. The second-order valence-electron chi connectivity index (χ2n) is 8.01. The van der Waals surface area contributed by atoms with Gasteiger partial charge in [0.05, 0.1) is 0 Å². The highest BCUT2D eigenvalue weighted by atomic mass is 16.3. The highest BCUT2D eigenvalue weighted by Crippen LogP contribution is 2.55. The topological polar surface area (TPSA) is 61.4 Å². The van der Waals surface area contributed by atoms with Gasteiger partial charge < -0.3 is 15.7 Å². The molecule has 4 bridgehead atoms. The van der Waals surface area contributed by atoms with Crippen LogP contribution in [0.3, 0.4) is 0 Å². The molecule has 2 amide bonds. The van der Waals surface area contributed by atoms with Gasteiger partial charge in [0.2, 0.25) is 0 Å². The van der Waals surface area contributed by atoms with Crippen LogP contribution >= 0.6 is 0 Å². The van der Waals surface area contributed by atoms with Crippen molar-refractivity contribution in [3.63, 3.8) is 0 Å². The van der Waals surface area contributed by atoms with Gasteiger partial charge in [0.15, 0.2) is 0 Å². The summed E-state index contributed by atoms with van der Waals surface area (Å²) in [7, 11) is 0. The van der Waals surface area contributed by atoms with Crippen molar-refractivity contribution >= 4 is 6.03 Å². The van der Waals surface area contributed by atoms with Crippen LogP contribution in [0.1, 0.15) is 58.3 Å². The highest BCUT2D eigenvalue weighted by Gasteiger charge is 2.51. The van der Waals surface area contributed by atoms with Crippen LogP contribution in [0.2, 0.25) is 0 Å². The van der Waals surface area contributed by atoms with Gasteiger partial charge >= 0.3 is 6.03 Å². The zero-order valence-electron chi connectivity index (χ0n) is 13.2. The Labute approximate surface area is 128 Å². The molecule has 0 aromatic carbocycles. The number of carbonyl (C=O) groups excluding carboxylic acids is 1. The van der Waals surface area contributed by atoms with Gasteiger partial charge in [0.1, 0.15) is 0 Å². The quantitative estimate of drug-likeness (QED) is 0.660. The summed E-state index contributed by atoms with van der Waals surface area (Å²) in [6, 6.07) is 0.0219. The zero-order chi connectivity index (χ0) is 14.9. The number of amides is 2. The van der Waals surface area contributed by atoms with E-state index in [1.54, 1.807) is 0 Å². The Hall–Kier alpha value is -0.770. The molecule has 4 fully saturated rings. The number of carbonyl (C=O) groups is 1. The molecular weight excluding hydrogens is 264 g/mol. The Morgan fingerprint density at radius 1 is 1.19 bits per heavy atom. The summed E-state index contributed by atoms with van der Waals surface area (Å²) in [5.74, 6) is 2.92. The summed E-state index contributed by atoms with van der Waals surface area (Å²) >= 11 is 0. The van der Waals surface area contributed by atoms with Crippen LogP contribution in [0.25, 0.3) is 0 Å². The van der Waals surface area contributed by atoms with E-state index in [4.69, 9.17) is 5.11 Å². The van der Waals surface area contributed by atoms with Crippen molar-refractivity contribution < 1.29 is 9.90 Å². The lowest BCUT2D eigenvalue weighted by molar-refractivity contribution is -0.0135. The molecule has 4 nitrogen and oxygen atoms in total. The number of nitrogens with one attached hydrogen (secondary N) is 2. The third kappa shape index (κ3) is 3.53. The van der Waals surface area contributed by atoms with Gasteiger partial charge in [-0.1, -0.05) is 6.92 Å². The fourth-order valence-electron chi connectivity index (χ4n) is 5.29. The SMILES string of the molecule is CC(CO)CCCNC(=O)NC12CC3CC(CC(C3)C1)C2. The molecule has 4 heteroatoms. The van der Waals surface area contributed by atoms with Crippen LogP contribution in [0.15, 0.2) is 0 Å². The monoisotopic (exact) mass is 294 g/mol. The number of urea groups is 1. The molecule has 0 aliphatic heterocycles. The fourth-order valence-corrected chi connectivity index (χ4v) is 5.29. The minimum atomic E-state index is 0.0219. The summed E-state index contributed by atoms with van der Waals surface area (Å²) in [6.45, 7) is 2.98. The molecule has 0 saturated heterocycles. The first-order valence-electron chi connectivity index (χ1n) is 8.75. The number of aliphatic hydroxyl groups is 1. The van der Waals surface area contributed by atoms with E-state index >= 15 is 0 Å². The van der Waals surface area contributed by atoms with E-state index in [1.807, 2.05) is 6.92 Å². The summed E-state index contributed by atoms with van der Waals surface area (Å²) in [4.78, 5) is 12.2. The molecule has 0 heterocycles. The minimum Gasteiger partial charge on any atom is -0.396 e. The summed E-state index contributed by atoms with van der Waals surface area (Å²) in [5.41, 5.74) is 0.108. The Kier molecular flexibility index (Phi) is 4.43. The smallest absolute Gasteiger partial charge is 0.315 e. The molecular formula is C17H30N2O2. The van der Waals surface area contributed by atoms with E-state index in [0.717, 1.165) is 30.6 Å². The van der Waals surface area contributed by atoms with Crippen LogP contribution in [0.4, 0.5) is 4.79 Å². The van der Waals surface area contributed by atoms with Gasteiger partial charge in [-0.05, 0) is 75.0 Å². The number of rotatable bonds is 6. The molecule has 4 aliphatic carbocycles. The molecule has 120 valence electrons. The van der Waals surface area contributed by atoms with E-state index in [2.05, 4.69) is 10.6 Å². The predicted molar refractivity (Wildman–Crippen MR) is 82.9 cm³/mol. The van der Waals surface area contributed by atoms with Crippen molar-refractivity contribution in [2.24, 2.45) is 23.7 Å². The molecule has 4 aliphatic rings. The van der Waals surface area contributed by atoms with E-state index < -0.39 is 0 Å². The maximum absolute atomic E-state index is 12.2. The first-order chi connectivity index (χ1) is 10.1. The lowest BCUT2D eigenvalue weighted by Gasteiger charge is -2.56. The lowest BCUT2D eigenvalue weighted by atomic mass is 9.53. The molecule has 4 saturated carbocycles. The van der Waals surface area contributed by atoms with E-state index in [9.17, 15) is 4.79 Å². The van der Waals surface area contributed by atoms with Crippen molar-refractivity contribution in [1.82, 2.24) is 10.6 Å². The van der Waals surface area contributed by atoms with Crippen LogP contribution in [0.5, 0.6) is 0 Å². The second kappa shape index (κ2) is 6.15. The summed E-state index contributed by atoms with van der Waals surface area (Å²) in [6.07, 6.45) is 9.73. The molecule has 0 spiro atoms. The second-order valence-corrected chi connectivity index (χ2v) is 8.01. The standard InChI is InChI=1S/C17H30N2O2/c1-12(11-20)3-2-4-18-16(21)19-17-8-13-5-14(9-17)7-15(6-13)10-17/h12-15,20H,2-11H2,1H3,(H2,18,19,21). The van der Waals surface area contributed by atoms with Gasteiger partial charge in [-0.15, -0.1) is 0 Å². The third-order valence-electron chi connectivity index (χ3n) is 5.89. The maximum atomic E-state index is 12.2. The van der Waals surface area contributed by atoms with Gasteiger partial charge in [0.25, 0.3) is 0 Å². The molecule has 4 rings (SSSR count). The van der Waals surface area contributed by atoms with Crippen molar-refractivity contribution in [3.05, 3.63) is 0 Å². The molecule has 21 heavy (non-hydrogen) atoms. The van der Waals surface area contributed by atoms with Crippen LogP contribution in [0, 0.1) is 23.7 Å².